The molecule has 1 saturated heterocycles. The van der Waals surface area contributed by atoms with Gasteiger partial charge in [0.05, 0.1) is 17.8 Å². The van der Waals surface area contributed by atoms with Crippen molar-refractivity contribution in [3.63, 3.8) is 0 Å². The third-order valence-electron chi connectivity index (χ3n) is 3.94. The van der Waals surface area contributed by atoms with Gasteiger partial charge in [-0.1, -0.05) is 18.2 Å². The van der Waals surface area contributed by atoms with Gasteiger partial charge in [0, 0.05) is 29.8 Å². The molecule has 4 nitrogen and oxygen atoms in total. The Labute approximate surface area is 119 Å². The zero-order valence-corrected chi connectivity index (χ0v) is 11.9. The Morgan fingerprint density at radius 2 is 2.25 bits per heavy atom. The Morgan fingerprint density at radius 1 is 1.40 bits per heavy atom. The van der Waals surface area contributed by atoms with Crippen LogP contribution in [0.4, 0.5) is 5.69 Å². The number of pyridine rings is 1. The summed E-state index contributed by atoms with van der Waals surface area (Å²) in [6, 6.07) is 9.94. The summed E-state index contributed by atoms with van der Waals surface area (Å²) in [5.41, 5.74) is 8.87. The third kappa shape index (κ3) is 2.76. The fraction of sp³-hybridized carbons (Fsp3) is 0.438. The second kappa shape index (κ2) is 5.38. The van der Waals surface area contributed by atoms with E-state index in [1.165, 1.54) is 0 Å². The summed E-state index contributed by atoms with van der Waals surface area (Å²) in [5.74, 6) is 0. The minimum Gasteiger partial charge on any atom is -0.398 e. The summed E-state index contributed by atoms with van der Waals surface area (Å²) >= 11 is 0. The van der Waals surface area contributed by atoms with Crippen LogP contribution in [0.3, 0.4) is 0 Å². The highest BCUT2D eigenvalue weighted by Crippen LogP contribution is 2.22. The molecule has 106 valence electrons. The molecule has 0 saturated carbocycles. The molecule has 1 atom stereocenters. The van der Waals surface area contributed by atoms with Crippen LogP contribution in [-0.2, 0) is 11.3 Å². The Balaban J connectivity index is 1.77. The number of hydrogen-bond donors (Lipinski definition) is 2. The van der Waals surface area contributed by atoms with Crippen LogP contribution >= 0.6 is 0 Å². The van der Waals surface area contributed by atoms with Crippen LogP contribution in [0.25, 0.3) is 10.9 Å². The van der Waals surface area contributed by atoms with Crippen molar-refractivity contribution < 1.29 is 4.74 Å². The van der Waals surface area contributed by atoms with Gasteiger partial charge in [-0.2, -0.15) is 0 Å². The summed E-state index contributed by atoms with van der Waals surface area (Å²) < 4.78 is 5.56. The molecule has 2 heterocycles. The molecule has 4 heteroatoms. The molecule has 0 aliphatic carbocycles. The predicted octanol–water partition coefficient (Wildman–Crippen LogP) is 2.48. The summed E-state index contributed by atoms with van der Waals surface area (Å²) in [6.45, 7) is 4.56. The van der Waals surface area contributed by atoms with Crippen molar-refractivity contribution in [3.05, 3.63) is 36.0 Å². The molecule has 0 amide bonds. The average molecular weight is 271 g/mol. The summed E-state index contributed by atoms with van der Waals surface area (Å²) in [6.07, 6.45) is 2.24. The summed E-state index contributed by atoms with van der Waals surface area (Å²) in [4.78, 5) is 4.67. The highest BCUT2D eigenvalue weighted by Gasteiger charge is 2.26. The van der Waals surface area contributed by atoms with Gasteiger partial charge in [-0.15, -0.1) is 0 Å². The lowest BCUT2D eigenvalue weighted by atomic mass is 9.95. The number of nitrogen functional groups attached to an aromatic ring is 1. The second-order valence-corrected chi connectivity index (χ2v) is 5.79. The molecule has 1 aromatic heterocycles. The van der Waals surface area contributed by atoms with Crippen molar-refractivity contribution >= 4 is 16.6 Å². The number of fused-ring (bicyclic) bond motifs is 1. The number of nitrogens with one attached hydrogen (secondary N) is 1. The van der Waals surface area contributed by atoms with E-state index in [9.17, 15) is 0 Å². The molecule has 0 spiro atoms. The molecule has 2 aromatic rings. The molecule has 20 heavy (non-hydrogen) atoms. The van der Waals surface area contributed by atoms with Crippen LogP contribution < -0.4 is 11.1 Å². The van der Waals surface area contributed by atoms with Crippen LogP contribution in [0, 0.1) is 0 Å². The Morgan fingerprint density at radius 3 is 3.05 bits per heavy atom. The normalized spacial score (nSPS) is 23.1. The topological polar surface area (TPSA) is 60.2 Å². The number of para-hydroxylation sites is 1. The Hall–Kier alpha value is -1.65. The Kier molecular flexibility index (Phi) is 3.59. The van der Waals surface area contributed by atoms with E-state index < -0.39 is 0 Å². The Bertz CT molecular complexity index is 606. The number of ether oxygens (including phenoxy) is 1. The third-order valence-corrected chi connectivity index (χ3v) is 3.94. The van der Waals surface area contributed by atoms with E-state index in [0.717, 1.165) is 54.9 Å². The van der Waals surface area contributed by atoms with Crippen LogP contribution in [-0.4, -0.2) is 23.7 Å². The molecule has 3 N–H and O–H groups in total. The first kappa shape index (κ1) is 13.3. The molecule has 1 fully saturated rings. The van der Waals surface area contributed by atoms with Crippen molar-refractivity contribution in [2.75, 3.05) is 18.9 Å². The van der Waals surface area contributed by atoms with Gasteiger partial charge >= 0.3 is 0 Å². The second-order valence-electron chi connectivity index (χ2n) is 5.79. The van der Waals surface area contributed by atoms with Crippen molar-refractivity contribution in [1.82, 2.24) is 10.3 Å². The van der Waals surface area contributed by atoms with Gasteiger partial charge in [-0.25, -0.2) is 0 Å². The highest BCUT2D eigenvalue weighted by atomic mass is 16.5. The summed E-state index contributed by atoms with van der Waals surface area (Å²) in [7, 11) is 0. The highest BCUT2D eigenvalue weighted by molar-refractivity contribution is 5.90. The van der Waals surface area contributed by atoms with Gasteiger partial charge in [-0.05, 0) is 31.9 Å². The molecule has 0 radical (unpaired) electrons. The van der Waals surface area contributed by atoms with Crippen molar-refractivity contribution in [1.29, 1.82) is 0 Å². The van der Waals surface area contributed by atoms with Crippen LogP contribution in [0.5, 0.6) is 0 Å². The number of rotatable bonds is 3. The van der Waals surface area contributed by atoms with Gasteiger partial charge in [0.15, 0.2) is 0 Å². The van der Waals surface area contributed by atoms with Gasteiger partial charge in [0.25, 0.3) is 0 Å². The maximum absolute atomic E-state index is 6.11. The van der Waals surface area contributed by atoms with Crippen molar-refractivity contribution in [2.45, 2.75) is 31.8 Å². The average Bonchev–Trinajstić information content (AvgIpc) is 2.46. The maximum atomic E-state index is 6.11. The van der Waals surface area contributed by atoms with E-state index in [1.54, 1.807) is 0 Å². The van der Waals surface area contributed by atoms with E-state index in [-0.39, 0.29) is 5.54 Å². The molecule has 1 aromatic carbocycles. The predicted molar refractivity (Wildman–Crippen MR) is 81.5 cm³/mol. The largest absolute Gasteiger partial charge is 0.398 e. The van der Waals surface area contributed by atoms with E-state index >= 15 is 0 Å². The van der Waals surface area contributed by atoms with E-state index in [4.69, 9.17) is 10.5 Å². The fourth-order valence-electron chi connectivity index (χ4n) is 2.73. The molecule has 1 unspecified atom stereocenters. The first-order chi connectivity index (χ1) is 9.66. The molecule has 1 aliphatic rings. The van der Waals surface area contributed by atoms with Crippen LogP contribution in [0.15, 0.2) is 30.3 Å². The first-order valence-corrected chi connectivity index (χ1v) is 7.13. The minimum atomic E-state index is 0.0420. The number of anilines is 1. The lowest BCUT2D eigenvalue weighted by Crippen LogP contribution is -2.48. The lowest BCUT2D eigenvalue weighted by molar-refractivity contribution is 0.0276. The number of hydrogen-bond acceptors (Lipinski definition) is 4. The van der Waals surface area contributed by atoms with E-state index in [0.29, 0.717) is 0 Å². The van der Waals surface area contributed by atoms with Gasteiger partial charge in [-0.3, -0.25) is 4.98 Å². The van der Waals surface area contributed by atoms with Crippen LogP contribution in [0.2, 0.25) is 0 Å². The number of benzene rings is 1. The molecule has 1 aliphatic heterocycles. The lowest BCUT2D eigenvalue weighted by Gasteiger charge is -2.34. The summed E-state index contributed by atoms with van der Waals surface area (Å²) in [5, 5.41) is 4.58. The van der Waals surface area contributed by atoms with Crippen molar-refractivity contribution in [2.24, 2.45) is 0 Å². The number of nitrogens with zero attached hydrogens (tertiary/aromatic N) is 1. The maximum Gasteiger partial charge on any atom is 0.0726 e. The standard InChI is InChI=1S/C16H21N3O/c1-16(7-4-8-20-11-16)18-10-12-9-14(17)13-5-2-3-6-15(13)19-12/h2-3,5-6,9,18H,4,7-8,10-11H2,1H3,(H2,17,19). The number of nitrogens with two attached hydrogens (primary N) is 1. The molecule has 3 rings (SSSR count). The molecular formula is C16H21N3O. The van der Waals surface area contributed by atoms with Gasteiger partial charge < -0.3 is 15.8 Å². The number of aromatic nitrogens is 1. The monoisotopic (exact) mass is 271 g/mol. The molecular weight excluding hydrogens is 250 g/mol. The van der Waals surface area contributed by atoms with Crippen LogP contribution in [0.1, 0.15) is 25.5 Å². The zero-order valence-electron chi connectivity index (χ0n) is 11.9. The van der Waals surface area contributed by atoms with Crippen molar-refractivity contribution in [3.8, 4) is 0 Å². The minimum absolute atomic E-state index is 0.0420. The van der Waals surface area contributed by atoms with E-state index in [2.05, 4.69) is 17.2 Å². The fourth-order valence-corrected chi connectivity index (χ4v) is 2.73. The molecule has 0 bridgehead atoms. The zero-order chi connectivity index (χ0) is 14.0. The smallest absolute Gasteiger partial charge is 0.0726 e. The van der Waals surface area contributed by atoms with Gasteiger partial charge in [0.1, 0.15) is 0 Å². The quantitative estimate of drug-likeness (QED) is 0.900. The van der Waals surface area contributed by atoms with Gasteiger partial charge in [0.2, 0.25) is 0 Å². The van der Waals surface area contributed by atoms with E-state index in [1.807, 2.05) is 30.3 Å². The first-order valence-electron chi connectivity index (χ1n) is 7.13. The SMILES string of the molecule is CC1(NCc2cc(N)c3ccccc3n2)CCCOC1.